The summed E-state index contributed by atoms with van der Waals surface area (Å²) < 4.78 is 16.9. The largest absolute Gasteiger partial charge is 0.454 e. The van der Waals surface area contributed by atoms with Crippen LogP contribution in [-0.4, -0.2) is 25.5 Å². The van der Waals surface area contributed by atoms with Crippen LogP contribution >= 0.6 is 0 Å². The number of nitrogens with two attached hydrogens (primary N) is 1. The van der Waals surface area contributed by atoms with E-state index in [1.165, 1.54) is 43.2 Å². The summed E-state index contributed by atoms with van der Waals surface area (Å²) >= 11 is 0. The van der Waals surface area contributed by atoms with Gasteiger partial charge in [-0.2, -0.15) is 0 Å². The van der Waals surface area contributed by atoms with E-state index in [0.29, 0.717) is 6.79 Å². The summed E-state index contributed by atoms with van der Waals surface area (Å²) in [5, 5.41) is 2.42. The van der Waals surface area contributed by atoms with E-state index in [1.54, 1.807) is 0 Å². The number of benzene rings is 2. The second kappa shape index (κ2) is 9.84. The molecular weight excluding hydrogens is 374 g/mol. The highest BCUT2D eigenvalue weighted by Gasteiger charge is 2.33. The fourth-order valence-electron chi connectivity index (χ4n) is 4.96. The molecule has 2 N–H and O–H groups in total. The van der Waals surface area contributed by atoms with Crippen LogP contribution in [0, 0.1) is 11.8 Å². The molecule has 4 rings (SSSR count). The van der Waals surface area contributed by atoms with Crippen LogP contribution in [0.3, 0.4) is 0 Å². The van der Waals surface area contributed by atoms with Crippen LogP contribution in [0.25, 0.3) is 0 Å². The number of quaternary nitrogens is 1. The Bertz CT molecular complexity index is 805. The maximum Gasteiger partial charge on any atom is 0.231 e. The quantitative estimate of drug-likeness (QED) is 0.626. The highest BCUT2D eigenvalue weighted by atomic mass is 16.7. The zero-order valence-corrected chi connectivity index (χ0v) is 18.4. The molecule has 1 fully saturated rings. The molecule has 2 aromatic carbocycles. The van der Waals surface area contributed by atoms with Crippen molar-refractivity contribution in [3.8, 4) is 11.5 Å². The minimum absolute atomic E-state index is 0.0172. The van der Waals surface area contributed by atoms with Gasteiger partial charge in [0.05, 0.1) is 12.1 Å². The highest BCUT2D eigenvalue weighted by Crippen LogP contribution is 2.37. The molecule has 0 radical (unpaired) electrons. The Kier molecular flexibility index (Phi) is 6.96. The van der Waals surface area contributed by atoms with E-state index in [2.05, 4.69) is 61.6 Å². The van der Waals surface area contributed by atoms with Gasteiger partial charge in [-0.25, -0.2) is 0 Å². The van der Waals surface area contributed by atoms with E-state index in [1.807, 2.05) is 6.07 Å². The first-order chi connectivity index (χ1) is 14.6. The maximum absolute atomic E-state index is 5.99. The Labute approximate surface area is 180 Å². The second-order valence-corrected chi connectivity index (χ2v) is 9.42. The normalized spacial score (nSPS) is 20.8. The summed E-state index contributed by atoms with van der Waals surface area (Å²) in [6, 6.07) is 17.3. The van der Waals surface area contributed by atoms with Crippen molar-refractivity contribution >= 4 is 0 Å². The van der Waals surface area contributed by atoms with Crippen LogP contribution in [0.4, 0.5) is 0 Å². The van der Waals surface area contributed by atoms with Gasteiger partial charge in [0.1, 0.15) is 6.54 Å². The molecule has 0 bridgehead atoms. The zero-order valence-electron chi connectivity index (χ0n) is 18.4. The average molecular weight is 411 g/mol. The van der Waals surface area contributed by atoms with Gasteiger partial charge in [0.15, 0.2) is 11.5 Å². The van der Waals surface area contributed by atoms with E-state index in [-0.39, 0.29) is 5.60 Å². The molecule has 30 heavy (non-hydrogen) atoms. The van der Waals surface area contributed by atoms with Gasteiger partial charge >= 0.3 is 0 Å². The van der Waals surface area contributed by atoms with Crippen LogP contribution in [0.1, 0.15) is 50.7 Å². The molecule has 2 unspecified atom stereocenters. The zero-order chi connectivity index (χ0) is 20.8. The van der Waals surface area contributed by atoms with Gasteiger partial charge < -0.3 is 19.5 Å². The Morgan fingerprint density at radius 1 is 1.03 bits per heavy atom. The molecule has 2 aliphatic rings. The van der Waals surface area contributed by atoms with Gasteiger partial charge in [-0.05, 0) is 81.5 Å². The van der Waals surface area contributed by atoms with E-state index in [9.17, 15) is 0 Å². The molecule has 4 nitrogen and oxygen atoms in total. The van der Waals surface area contributed by atoms with Crippen molar-refractivity contribution in [2.75, 3.05) is 19.9 Å². The molecular formula is C26H36NO3+. The van der Waals surface area contributed by atoms with Crippen LogP contribution in [0.2, 0.25) is 0 Å². The molecule has 0 aromatic heterocycles. The lowest BCUT2D eigenvalue weighted by Crippen LogP contribution is -2.82. The first kappa shape index (κ1) is 21.2. The molecule has 162 valence electrons. The Hall–Kier alpha value is -2.04. The summed E-state index contributed by atoms with van der Waals surface area (Å²) in [6.45, 7) is 7.89. The van der Waals surface area contributed by atoms with Crippen molar-refractivity contribution < 1.29 is 19.5 Å². The summed E-state index contributed by atoms with van der Waals surface area (Å²) in [6.07, 6.45) is 6.09. The first-order valence-electron chi connectivity index (χ1n) is 11.5. The standard InChI is InChI=1S/C26H35NO3/c1-26(2)17-23(12-14-30-26)22(15-20-7-4-3-5-8-20)9-6-13-27-18-21-10-11-24-25(16-21)29-19-28-24/h3-5,7-8,10-11,16,22-23,27H,6,9,12-15,17-19H2,1-2H3/p+1. The number of hydrogen-bond acceptors (Lipinski definition) is 3. The monoisotopic (exact) mass is 410 g/mol. The van der Waals surface area contributed by atoms with Crippen molar-refractivity contribution in [2.45, 2.75) is 58.1 Å². The predicted octanol–water partition coefficient (Wildman–Crippen LogP) is 4.32. The number of ether oxygens (including phenoxy) is 3. The fraction of sp³-hybridized carbons (Fsp3) is 0.538. The molecule has 4 heteroatoms. The third kappa shape index (κ3) is 5.77. The lowest BCUT2D eigenvalue weighted by atomic mass is 9.75. The van der Waals surface area contributed by atoms with Crippen molar-refractivity contribution in [3.05, 3.63) is 59.7 Å². The van der Waals surface area contributed by atoms with Gasteiger partial charge in [0.25, 0.3) is 0 Å². The first-order valence-corrected chi connectivity index (χ1v) is 11.5. The minimum atomic E-state index is 0.0172. The summed E-state index contributed by atoms with van der Waals surface area (Å²) in [5.41, 5.74) is 2.78. The molecule has 2 aliphatic heterocycles. The number of rotatable bonds is 9. The summed E-state index contributed by atoms with van der Waals surface area (Å²) in [7, 11) is 0. The van der Waals surface area contributed by atoms with E-state index in [4.69, 9.17) is 14.2 Å². The Morgan fingerprint density at radius 2 is 1.87 bits per heavy atom. The predicted molar refractivity (Wildman–Crippen MR) is 119 cm³/mol. The average Bonchev–Trinajstić information content (AvgIpc) is 3.20. The molecule has 2 heterocycles. The van der Waals surface area contributed by atoms with Gasteiger partial charge in [-0.1, -0.05) is 30.3 Å². The smallest absolute Gasteiger partial charge is 0.231 e. The molecule has 0 saturated carbocycles. The minimum Gasteiger partial charge on any atom is -0.454 e. The summed E-state index contributed by atoms with van der Waals surface area (Å²) in [4.78, 5) is 0. The van der Waals surface area contributed by atoms with E-state index in [0.717, 1.165) is 43.0 Å². The molecule has 2 atom stereocenters. The van der Waals surface area contributed by atoms with Crippen molar-refractivity contribution in [2.24, 2.45) is 11.8 Å². The third-order valence-electron chi connectivity index (χ3n) is 6.54. The van der Waals surface area contributed by atoms with E-state index >= 15 is 0 Å². The van der Waals surface area contributed by atoms with Gasteiger partial charge in [-0.3, -0.25) is 0 Å². The second-order valence-electron chi connectivity index (χ2n) is 9.42. The maximum atomic E-state index is 5.99. The van der Waals surface area contributed by atoms with Crippen LogP contribution < -0.4 is 14.8 Å². The molecule has 2 aromatic rings. The molecule has 1 saturated heterocycles. The van der Waals surface area contributed by atoms with Gasteiger partial charge in [-0.15, -0.1) is 0 Å². The van der Waals surface area contributed by atoms with Gasteiger partial charge in [0.2, 0.25) is 6.79 Å². The van der Waals surface area contributed by atoms with Crippen LogP contribution in [0.5, 0.6) is 11.5 Å². The SMILES string of the molecule is CC1(C)CC(C(CCC[NH2+]Cc2ccc3c(c2)OCO3)Cc2ccccc2)CCO1. The molecule has 0 amide bonds. The Balaban J connectivity index is 1.28. The van der Waals surface area contributed by atoms with Crippen LogP contribution in [0.15, 0.2) is 48.5 Å². The lowest BCUT2D eigenvalue weighted by Gasteiger charge is -2.39. The van der Waals surface area contributed by atoms with Crippen molar-refractivity contribution in [3.63, 3.8) is 0 Å². The topological polar surface area (TPSA) is 44.3 Å². The molecule has 0 aliphatic carbocycles. The number of hydrogen-bond donors (Lipinski definition) is 1. The van der Waals surface area contributed by atoms with E-state index < -0.39 is 0 Å². The van der Waals surface area contributed by atoms with Crippen molar-refractivity contribution in [1.82, 2.24) is 0 Å². The molecule has 0 spiro atoms. The van der Waals surface area contributed by atoms with Crippen LogP contribution in [-0.2, 0) is 17.7 Å². The fourth-order valence-corrected chi connectivity index (χ4v) is 4.96. The Morgan fingerprint density at radius 3 is 2.70 bits per heavy atom. The van der Waals surface area contributed by atoms with Gasteiger partial charge in [0, 0.05) is 12.2 Å². The number of fused-ring (bicyclic) bond motifs is 1. The third-order valence-corrected chi connectivity index (χ3v) is 6.54. The highest BCUT2D eigenvalue weighted by molar-refractivity contribution is 5.44. The summed E-state index contributed by atoms with van der Waals surface area (Å²) in [5.74, 6) is 3.23. The lowest BCUT2D eigenvalue weighted by molar-refractivity contribution is -0.671. The van der Waals surface area contributed by atoms with Crippen molar-refractivity contribution in [1.29, 1.82) is 0 Å².